The number of para-hydroxylation sites is 2. The van der Waals surface area contributed by atoms with Gasteiger partial charge in [-0.05, 0) is 49.2 Å². The molecule has 2 heterocycles. The van der Waals surface area contributed by atoms with Crippen LogP contribution < -0.4 is 10.2 Å². The summed E-state index contributed by atoms with van der Waals surface area (Å²) in [6.07, 6.45) is 2.21. The minimum absolute atomic E-state index is 0.262. The van der Waals surface area contributed by atoms with E-state index in [1.54, 1.807) is 24.3 Å². The molecule has 0 atom stereocenters. The molecule has 1 N–H and O–H groups in total. The lowest BCUT2D eigenvalue weighted by Gasteiger charge is -2.19. The van der Waals surface area contributed by atoms with Crippen LogP contribution in [0.1, 0.15) is 23.3 Å². The van der Waals surface area contributed by atoms with Crippen molar-refractivity contribution in [2.75, 3.05) is 23.3 Å². The summed E-state index contributed by atoms with van der Waals surface area (Å²) in [6.45, 7) is 1.79. The molecule has 25 heavy (non-hydrogen) atoms. The van der Waals surface area contributed by atoms with Crippen molar-refractivity contribution in [1.82, 2.24) is 9.97 Å². The van der Waals surface area contributed by atoms with Crippen LogP contribution in [0.15, 0.2) is 48.5 Å². The number of carbonyl (C=O) groups excluding carboxylic acids is 1. The summed E-state index contributed by atoms with van der Waals surface area (Å²) in [5.41, 5.74) is 2.55. The fraction of sp³-hybridized carbons (Fsp3) is 0.211. The van der Waals surface area contributed by atoms with Crippen LogP contribution >= 0.6 is 11.6 Å². The summed E-state index contributed by atoms with van der Waals surface area (Å²) >= 11 is 5.90. The van der Waals surface area contributed by atoms with E-state index in [9.17, 15) is 4.79 Å². The van der Waals surface area contributed by atoms with Gasteiger partial charge in [-0.2, -0.15) is 0 Å². The van der Waals surface area contributed by atoms with Crippen LogP contribution in [0.5, 0.6) is 0 Å². The molecule has 4 rings (SSSR count). The van der Waals surface area contributed by atoms with E-state index in [0.29, 0.717) is 27.7 Å². The molecule has 6 heteroatoms. The highest BCUT2D eigenvalue weighted by atomic mass is 35.5. The molecule has 1 amide bonds. The van der Waals surface area contributed by atoms with Gasteiger partial charge in [-0.25, -0.2) is 9.97 Å². The molecule has 1 aliphatic rings. The van der Waals surface area contributed by atoms with Crippen molar-refractivity contribution < 1.29 is 4.79 Å². The lowest BCUT2D eigenvalue weighted by molar-refractivity contribution is 0.102. The minimum Gasteiger partial charge on any atom is -0.355 e. The Balaban J connectivity index is 1.74. The van der Waals surface area contributed by atoms with Crippen molar-refractivity contribution in [3.8, 4) is 0 Å². The number of hydrogen-bond acceptors (Lipinski definition) is 4. The van der Waals surface area contributed by atoms with Gasteiger partial charge in [-0.1, -0.05) is 23.7 Å². The number of anilines is 2. The predicted octanol–water partition coefficient (Wildman–Crippen LogP) is 4.14. The Morgan fingerprint density at radius 1 is 0.960 bits per heavy atom. The Hall–Kier alpha value is -2.66. The first kappa shape index (κ1) is 15.8. The maximum Gasteiger partial charge on any atom is 0.278 e. The zero-order chi connectivity index (χ0) is 17.2. The number of benzene rings is 2. The van der Waals surface area contributed by atoms with E-state index in [-0.39, 0.29) is 5.91 Å². The van der Waals surface area contributed by atoms with Crippen LogP contribution in [0.2, 0.25) is 5.02 Å². The molecule has 0 saturated carbocycles. The number of halogens is 1. The molecule has 2 aromatic carbocycles. The second-order valence-corrected chi connectivity index (χ2v) is 6.48. The summed E-state index contributed by atoms with van der Waals surface area (Å²) in [5.74, 6) is 0.394. The SMILES string of the molecule is O=C(Nc1ccc(Cl)cc1)c1nc2ccccc2nc1N1CCCC1. The molecule has 3 aromatic rings. The summed E-state index contributed by atoms with van der Waals surface area (Å²) in [4.78, 5) is 24.3. The van der Waals surface area contributed by atoms with E-state index in [4.69, 9.17) is 16.6 Å². The Morgan fingerprint density at radius 3 is 2.28 bits per heavy atom. The Morgan fingerprint density at radius 2 is 1.60 bits per heavy atom. The van der Waals surface area contributed by atoms with Gasteiger partial charge in [0.05, 0.1) is 11.0 Å². The van der Waals surface area contributed by atoms with Gasteiger partial charge >= 0.3 is 0 Å². The van der Waals surface area contributed by atoms with Crippen LogP contribution in [0.4, 0.5) is 11.5 Å². The normalized spacial score (nSPS) is 14.0. The second kappa shape index (κ2) is 6.69. The van der Waals surface area contributed by atoms with Gasteiger partial charge in [0.15, 0.2) is 11.5 Å². The van der Waals surface area contributed by atoms with E-state index in [1.165, 1.54) is 0 Å². The van der Waals surface area contributed by atoms with E-state index < -0.39 is 0 Å². The Labute approximate surface area is 150 Å². The molecule has 1 fully saturated rings. The molecular weight excluding hydrogens is 336 g/mol. The quantitative estimate of drug-likeness (QED) is 0.769. The van der Waals surface area contributed by atoms with E-state index in [0.717, 1.165) is 31.4 Å². The van der Waals surface area contributed by atoms with Crippen LogP contribution in [0, 0.1) is 0 Å². The van der Waals surface area contributed by atoms with Gasteiger partial charge in [0.2, 0.25) is 0 Å². The minimum atomic E-state index is -0.262. The summed E-state index contributed by atoms with van der Waals surface area (Å²) < 4.78 is 0. The molecule has 126 valence electrons. The number of nitrogens with one attached hydrogen (secondary N) is 1. The summed E-state index contributed by atoms with van der Waals surface area (Å²) in [5, 5.41) is 3.51. The summed E-state index contributed by atoms with van der Waals surface area (Å²) in [7, 11) is 0. The molecule has 0 aliphatic carbocycles. The van der Waals surface area contributed by atoms with Crippen molar-refractivity contribution in [3.05, 3.63) is 59.2 Å². The third-order valence-electron chi connectivity index (χ3n) is 4.27. The third-order valence-corrected chi connectivity index (χ3v) is 4.53. The van der Waals surface area contributed by atoms with E-state index in [1.807, 2.05) is 24.3 Å². The first-order valence-corrected chi connectivity index (χ1v) is 8.67. The van der Waals surface area contributed by atoms with Crippen molar-refractivity contribution in [3.63, 3.8) is 0 Å². The van der Waals surface area contributed by atoms with Crippen molar-refractivity contribution in [1.29, 1.82) is 0 Å². The zero-order valence-electron chi connectivity index (χ0n) is 13.6. The highest BCUT2D eigenvalue weighted by Crippen LogP contribution is 2.25. The molecule has 0 radical (unpaired) electrons. The van der Waals surface area contributed by atoms with E-state index in [2.05, 4.69) is 15.2 Å². The lowest BCUT2D eigenvalue weighted by atomic mass is 10.2. The highest BCUT2D eigenvalue weighted by molar-refractivity contribution is 6.30. The Kier molecular flexibility index (Phi) is 4.24. The molecule has 1 saturated heterocycles. The number of carbonyl (C=O) groups is 1. The maximum absolute atomic E-state index is 12.8. The fourth-order valence-electron chi connectivity index (χ4n) is 3.02. The van der Waals surface area contributed by atoms with Crippen molar-refractivity contribution >= 4 is 40.0 Å². The molecule has 1 aliphatic heterocycles. The summed E-state index contributed by atoms with van der Waals surface area (Å²) in [6, 6.07) is 14.6. The molecule has 0 bridgehead atoms. The number of aromatic nitrogens is 2. The number of nitrogens with zero attached hydrogens (tertiary/aromatic N) is 3. The molecule has 5 nitrogen and oxygen atoms in total. The monoisotopic (exact) mass is 352 g/mol. The van der Waals surface area contributed by atoms with Gasteiger partial charge in [-0.3, -0.25) is 4.79 Å². The highest BCUT2D eigenvalue weighted by Gasteiger charge is 2.23. The number of amides is 1. The van der Waals surface area contributed by atoms with Crippen LogP contribution in [0.3, 0.4) is 0 Å². The first-order valence-electron chi connectivity index (χ1n) is 8.29. The molecular formula is C19H17ClN4O. The van der Waals surface area contributed by atoms with Crippen molar-refractivity contribution in [2.24, 2.45) is 0 Å². The fourth-order valence-corrected chi connectivity index (χ4v) is 3.14. The van der Waals surface area contributed by atoms with Gasteiger partial charge in [0.25, 0.3) is 5.91 Å². The standard InChI is InChI=1S/C19H17ClN4O/c20-13-7-9-14(10-8-13)21-19(25)17-18(24-11-3-4-12-24)23-16-6-2-1-5-15(16)22-17/h1-2,5-10H,3-4,11-12H2,(H,21,25). The van der Waals surface area contributed by atoms with Crippen LogP contribution in [0.25, 0.3) is 11.0 Å². The topological polar surface area (TPSA) is 58.1 Å². The average molecular weight is 353 g/mol. The van der Waals surface area contributed by atoms with Crippen LogP contribution in [-0.4, -0.2) is 29.0 Å². The van der Waals surface area contributed by atoms with Crippen LogP contribution in [-0.2, 0) is 0 Å². The van der Waals surface area contributed by atoms with Gasteiger partial charge in [0, 0.05) is 23.8 Å². The largest absolute Gasteiger partial charge is 0.355 e. The maximum atomic E-state index is 12.8. The number of hydrogen-bond donors (Lipinski definition) is 1. The smallest absolute Gasteiger partial charge is 0.278 e. The molecule has 1 aromatic heterocycles. The molecule has 0 spiro atoms. The Bertz CT molecular complexity index is 920. The zero-order valence-corrected chi connectivity index (χ0v) is 14.3. The first-order chi connectivity index (χ1) is 12.2. The number of rotatable bonds is 3. The molecule has 0 unspecified atom stereocenters. The van der Waals surface area contributed by atoms with Gasteiger partial charge < -0.3 is 10.2 Å². The second-order valence-electron chi connectivity index (χ2n) is 6.04. The van der Waals surface area contributed by atoms with Crippen molar-refractivity contribution in [2.45, 2.75) is 12.8 Å². The predicted molar refractivity (Wildman–Crippen MR) is 100 cm³/mol. The number of fused-ring (bicyclic) bond motifs is 1. The third kappa shape index (κ3) is 3.28. The average Bonchev–Trinajstić information content (AvgIpc) is 3.17. The van der Waals surface area contributed by atoms with E-state index >= 15 is 0 Å². The van der Waals surface area contributed by atoms with Gasteiger partial charge in [0.1, 0.15) is 0 Å². The van der Waals surface area contributed by atoms with Gasteiger partial charge in [-0.15, -0.1) is 0 Å². The lowest BCUT2D eigenvalue weighted by Crippen LogP contribution is -2.25.